The van der Waals surface area contributed by atoms with Crippen molar-refractivity contribution in [3.05, 3.63) is 71.5 Å². The Bertz CT molecular complexity index is 792. The molecule has 0 aliphatic carbocycles. The zero-order valence-electron chi connectivity index (χ0n) is 15.2. The maximum atomic E-state index is 13.4. The average Bonchev–Trinajstić information content (AvgIpc) is 2.85. The van der Waals surface area contributed by atoms with E-state index in [-0.39, 0.29) is 29.3 Å². The predicted molar refractivity (Wildman–Crippen MR) is 98.6 cm³/mol. The van der Waals surface area contributed by atoms with Crippen LogP contribution in [-0.2, 0) is 4.74 Å². The Morgan fingerprint density at radius 3 is 2.54 bits per heavy atom. The van der Waals surface area contributed by atoms with Gasteiger partial charge in [-0.3, -0.25) is 4.90 Å². The zero-order valence-corrected chi connectivity index (χ0v) is 15.2. The van der Waals surface area contributed by atoms with Gasteiger partial charge in [0.15, 0.2) is 0 Å². The Morgan fingerprint density at radius 2 is 1.85 bits per heavy atom. The maximum Gasteiger partial charge on any atom is 0.338 e. The number of hydrogen-bond donors (Lipinski definition) is 0. The van der Waals surface area contributed by atoms with Crippen molar-refractivity contribution in [3.8, 4) is 0 Å². The first-order valence-electron chi connectivity index (χ1n) is 9.23. The lowest BCUT2D eigenvalue weighted by Crippen LogP contribution is -2.59. The summed E-state index contributed by atoms with van der Waals surface area (Å²) in [6, 6.07) is 16.2. The third-order valence-electron chi connectivity index (χ3n) is 6.38. The number of rotatable bonds is 3. The number of esters is 1. The summed E-state index contributed by atoms with van der Waals surface area (Å²) < 4.78 is 19.5. The molecule has 0 spiro atoms. The van der Waals surface area contributed by atoms with Gasteiger partial charge in [-0.25, -0.2) is 9.18 Å². The summed E-state index contributed by atoms with van der Waals surface area (Å²) in [6.07, 6.45) is 2.76. The molecule has 0 radical (unpaired) electrons. The first-order chi connectivity index (χ1) is 12.5. The molecule has 2 aromatic carbocycles. The van der Waals surface area contributed by atoms with Gasteiger partial charge in [-0.1, -0.05) is 30.3 Å². The maximum absolute atomic E-state index is 13.4. The minimum Gasteiger partial charge on any atom is -0.456 e. The van der Waals surface area contributed by atoms with E-state index in [9.17, 15) is 9.18 Å². The molecule has 4 atom stereocenters. The van der Waals surface area contributed by atoms with Crippen LogP contribution >= 0.6 is 0 Å². The standard InChI is InChI=1S/C22H24FNO2/c1-22-13-12-18(24(22)2)14-19(15-8-10-17(23)11-9-15)20(22)26-21(25)16-6-4-3-5-7-16/h3-11,18-20H,12-14H2,1-2H3/t18-,19-,20+,22+/m0/s1. The van der Waals surface area contributed by atoms with Crippen LogP contribution in [-0.4, -0.2) is 35.6 Å². The molecule has 4 rings (SSSR count). The first-order valence-corrected chi connectivity index (χ1v) is 9.23. The van der Waals surface area contributed by atoms with Crippen molar-refractivity contribution >= 4 is 5.97 Å². The molecule has 3 nitrogen and oxygen atoms in total. The van der Waals surface area contributed by atoms with Gasteiger partial charge in [-0.15, -0.1) is 0 Å². The van der Waals surface area contributed by atoms with E-state index in [0.717, 1.165) is 24.8 Å². The lowest BCUT2D eigenvalue weighted by atomic mass is 9.76. The predicted octanol–water partition coefficient (Wildman–Crippen LogP) is 4.39. The van der Waals surface area contributed by atoms with Gasteiger partial charge in [-0.2, -0.15) is 0 Å². The highest BCUT2D eigenvalue weighted by Crippen LogP contribution is 2.50. The summed E-state index contributed by atoms with van der Waals surface area (Å²) in [5.74, 6) is -0.451. The molecular weight excluding hydrogens is 329 g/mol. The fraction of sp³-hybridized carbons (Fsp3) is 0.409. The van der Waals surface area contributed by atoms with Crippen LogP contribution in [0.25, 0.3) is 0 Å². The molecule has 0 saturated carbocycles. The third-order valence-corrected chi connectivity index (χ3v) is 6.38. The SMILES string of the molecule is CN1[C@H]2CC[C@]1(C)[C@H](OC(=O)c1ccccc1)[C@H](c1ccc(F)cc1)C2. The number of likely N-dealkylation sites (N-methyl/N-ethyl adjacent to an activating group) is 1. The van der Waals surface area contributed by atoms with E-state index in [0.29, 0.717) is 11.6 Å². The molecule has 0 amide bonds. The van der Waals surface area contributed by atoms with Crippen LogP contribution in [0.4, 0.5) is 4.39 Å². The topological polar surface area (TPSA) is 29.5 Å². The van der Waals surface area contributed by atoms with Crippen molar-refractivity contribution in [3.63, 3.8) is 0 Å². The number of carbonyl (C=O) groups excluding carboxylic acids is 1. The van der Waals surface area contributed by atoms with E-state index >= 15 is 0 Å². The smallest absolute Gasteiger partial charge is 0.338 e. The van der Waals surface area contributed by atoms with Crippen molar-refractivity contribution in [2.45, 2.75) is 49.8 Å². The molecule has 0 unspecified atom stereocenters. The molecule has 0 aromatic heterocycles. The second-order valence-corrected chi connectivity index (χ2v) is 7.75. The normalized spacial score (nSPS) is 31.0. The Labute approximate surface area is 153 Å². The van der Waals surface area contributed by atoms with E-state index < -0.39 is 0 Å². The molecule has 4 heteroatoms. The van der Waals surface area contributed by atoms with Gasteiger partial charge in [0.2, 0.25) is 0 Å². The Balaban J connectivity index is 1.68. The highest BCUT2D eigenvalue weighted by molar-refractivity contribution is 5.89. The summed E-state index contributed by atoms with van der Waals surface area (Å²) in [6.45, 7) is 2.19. The quantitative estimate of drug-likeness (QED) is 0.767. The monoisotopic (exact) mass is 353 g/mol. The third kappa shape index (κ3) is 2.82. The zero-order chi connectivity index (χ0) is 18.3. The van der Waals surface area contributed by atoms with E-state index in [1.807, 2.05) is 30.3 Å². The minimum absolute atomic E-state index is 0.0805. The molecule has 136 valence electrons. The highest BCUT2D eigenvalue weighted by atomic mass is 19.1. The Kier molecular flexibility index (Phi) is 4.31. The lowest BCUT2D eigenvalue weighted by molar-refractivity contribution is -0.0647. The Morgan fingerprint density at radius 1 is 1.15 bits per heavy atom. The molecule has 2 fully saturated rings. The summed E-state index contributed by atoms with van der Waals surface area (Å²) in [5, 5.41) is 0. The molecule has 2 heterocycles. The van der Waals surface area contributed by atoms with Crippen molar-refractivity contribution in [2.24, 2.45) is 0 Å². The van der Waals surface area contributed by atoms with E-state index in [2.05, 4.69) is 18.9 Å². The van der Waals surface area contributed by atoms with Crippen LogP contribution < -0.4 is 0 Å². The van der Waals surface area contributed by atoms with Crippen molar-refractivity contribution < 1.29 is 13.9 Å². The molecule has 2 bridgehead atoms. The summed E-state index contributed by atoms with van der Waals surface area (Å²) in [5.41, 5.74) is 1.41. The van der Waals surface area contributed by atoms with Gasteiger partial charge in [0.25, 0.3) is 0 Å². The number of carbonyl (C=O) groups is 1. The molecular formula is C22H24FNO2. The number of hydrogen-bond acceptors (Lipinski definition) is 3. The highest BCUT2D eigenvalue weighted by Gasteiger charge is 2.55. The fourth-order valence-corrected chi connectivity index (χ4v) is 4.70. The average molecular weight is 353 g/mol. The minimum atomic E-state index is -0.289. The lowest BCUT2D eigenvalue weighted by Gasteiger charge is -2.49. The largest absolute Gasteiger partial charge is 0.456 e. The second kappa shape index (κ2) is 6.51. The van der Waals surface area contributed by atoms with Crippen molar-refractivity contribution in [1.82, 2.24) is 4.90 Å². The molecule has 26 heavy (non-hydrogen) atoms. The fourth-order valence-electron chi connectivity index (χ4n) is 4.70. The van der Waals surface area contributed by atoms with Gasteiger partial charge in [0, 0.05) is 12.0 Å². The van der Waals surface area contributed by atoms with Crippen LogP contribution in [0.15, 0.2) is 54.6 Å². The van der Waals surface area contributed by atoms with E-state index in [1.165, 1.54) is 12.1 Å². The summed E-state index contributed by atoms with van der Waals surface area (Å²) >= 11 is 0. The number of fused-ring (bicyclic) bond motifs is 2. The number of benzene rings is 2. The van der Waals surface area contributed by atoms with Crippen LogP contribution in [0.2, 0.25) is 0 Å². The van der Waals surface area contributed by atoms with E-state index in [4.69, 9.17) is 4.74 Å². The van der Waals surface area contributed by atoms with Gasteiger partial charge in [0.05, 0.1) is 11.1 Å². The van der Waals surface area contributed by atoms with Gasteiger partial charge in [0.1, 0.15) is 11.9 Å². The van der Waals surface area contributed by atoms with Crippen LogP contribution in [0.1, 0.15) is 48.0 Å². The van der Waals surface area contributed by atoms with Crippen LogP contribution in [0, 0.1) is 5.82 Å². The van der Waals surface area contributed by atoms with Crippen molar-refractivity contribution in [1.29, 1.82) is 0 Å². The summed E-state index contributed by atoms with van der Waals surface area (Å²) in [7, 11) is 2.13. The van der Waals surface area contributed by atoms with Gasteiger partial charge >= 0.3 is 5.97 Å². The summed E-state index contributed by atoms with van der Waals surface area (Å²) in [4.78, 5) is 15.1. The number of nitrogens with zero attached hydrogens (tertiary/aromatic N) is 1. The van der Waals surface area contributed by atoms with Crippen molar-refractivity contribution in [2.75, 3.05) is 7.05 Å². The first kappa shape index (κ1) is 17.2. The second-order valence-electron chi connectivity index (χ2n) is 7.75. The van der Waals surface area contributed by atoms with E-state index in [1.54, 1.807) is 12.1 Å². The number of halogens is 1. The molecule has 2 aromatic rings. The molecule has 0 N–H and O–H groups in total. The van der Waals surface area contributed by atoms with Crippen LogP contribution in [0.5, 0.6) is 0 Å². The Hall–Kier alpha value is -2.20. The number of piperidine rings is 1. The van der Waals surface area contributed by atoms with Gasteiger partial charge in [-0.05, 0) is 63.1 Å². The molecule has 2 saturated heterocycles. The van der Waals surface area contributed by atoms with Gasteiger partial charge < -0.3 is 4.74 Å². The molecule has 2 aliphatic rings. The molecule has 2 aliphatic heterocycles. The van der Waals surface area contributed by atoms with Crippen LogP contribution in [0.3, 0.4) is 0 Å². The number of ether oxygens (including phenoxy) is 1.